The summed E-state index contributed by atoms with van der Waals surface area (Å²) in [5.74, 6) is 5.01. The number of carbonyl (C=O) groups excluding carboxylic acids is 1. The quantitative estimate of drug-likeness (QED) is 0.341. The number of ether oxygens (including phenoxy) is 1. The Balaban J connectivity index is 0.00000341. The van der Waals surface area contributed by atoms with E-state index in [2.05, 4.69) is 16.8 Å². The second-order valence-corrected chi connectivity index (χ2v) is 6.40. The Kier molecular flexibility index (Phi) is 7.80. The number of nitrogens with zero attached hydrogens (tertiary/aromatic N) is 2. The summed E-state index contributed by atoms with van der Waals surface area (Å²) in [5, 5.41) is 7.12. The Morgan fingerprint density at radius 3 is 2.68 bits per heavy atom. The van der Waals surface area contributed by atoms with Gasteiger partial charge in [-0.3, -0.25) is 14.6 Å². The average molecular weight is 451 g/mol. The Morgan fingerprint density at radius 1 is 1.19 bits per heavy atom. The number of hydrogen-bond donors (Lipinski definition) is 2. The number of benzene rings is 1. The van der Waals surface area contributed by atoms with Crippen LogP contribution in [0.4, 0.5) is 13.2 Å². The number of nitrogens with two attached hydrogens (primary N) is 1. The highest BCUT2D eigenvalue weighted by Crippen LogP contribution is 2.29. The van der Waals surface area contributed by atoms with Crippen molar-refractivity contribution in [3.8, 4) is 11.8 Å². The average Bonchev–Trinajstić information content (AvgIpc) is 3.03. The number of halogens is 4. The van der Waals surface area contributed by atoms with Crippen LogP contribution in [0.5, 0.6) is 0 Å². The Hall–Kier alpha value is -3.35. The van der Waals surface area contributed by atoms with Crippen LogP contribution in [0.15, 0.2) is 48.7 Å². The maximum Gasteiger partial charge on any atom is 0.416 e. The number of aromatic nitrogens is 2. The second-order valence-electron chi connectivity index (χ2n) is 6.40. The standard InChI is InChI=1S/C21H17F3N4O2.ClH/c22-21(23,24)15-5-3-4-14(10-15)7-8-18-17(13-30-12-16(29)11-19(25)26)27-20-6-1-2-9-28(18)20;/h1-6,9-10H,11-13H2,(H3,25,26);1H. The van der Waals surface area contributed by atoms with E-state index in [9.17, 15) is 18.0 Å². The summed E-state index contributed by atoms with van der Waals surface area (Å²) in [5.41, 5.74) is 6.09. The molecule has 0 aliphatic rings. The van der Waals surface area contributed by atoms with E-state index in [1.165, 1.54) is 12.1 Å². The van der Waals surface area contributed by atoms with Gasteiger partial charge < -0.3 is 10.5 Å². The van der Waals surface area contributed by atoms with Gasteiger partial charge in [0.2, 0.25) is 0 Å². The molecule has 0 fully saturated rings. The van der Waals surface area contributed by atoms with Gasteiger partial charge >= 0.3 is 6.18 Å². The summed E-state index contributed by atoms with van der Waals surface area (Å²) >= 11 is 0. The van der Waals surface area contributed by atoms with Crippen LogP contribution in [0.2, 0.25) is 0 Å². The van der Waals surface area contributed by atoms with Gasteiger partial charge in [-0.15, -0.1) is 12.4 Å². The van der Waals surface area contributed by atoms with Crippen LogP contribution in [0.3, 0.4) is 0 Å². The van der Waals surface area contributed by atoms with Crippen LogP contribution in [0.1, 0.15) is 28.9 Å². The lowest BCUT2D eigenvalue weighted by Gasteiger charge is -2.05. The molecule has 0 bridgehead atoms. The van der Waals surface area contributed by atoms with E-state index < -0.39 is 11.7 Å². The van der Waals surface area contributed by atoms with Crippen molar-refractivity contribution in [3.63, 3.8) is 0 Å². The van der Waals surface area contributed by atoms with E-state index in [0.717, 1.165) is 12.1 Å². The minimum Gasteiger partial charge on any atom is -0.387 e. The van der Waals surface area contributed by atoms with Crippen molar-refractivity contribution in [2.45, 2.75) is 19.2 Å². The first-order valence-corrected chi connectivity index (χ1v) is 8.81. The predicted octanol–water partition coefficient (Wildman–Crippen LogP) is 3.59. The number of imidazole rings is 1. The molecule has 162 valence electrons. The summed E-state index contributed by atoms with van der Waals surface area (Å²) < 4.78 is 45.8. The molecule has 2 heterocycles. The maximum atomic E-state index is 12.9. The Labute approximate surface area is 182 Å². The normalized spacial score (nSPS) is 10.8. The molecule has 31 heavy (non-hydrogen) atoms. The molecule has 3 N–H and O–H groups in total. The summed E-state index contributed by atoms with van der Waals surface area (Å²) in [6.07, 6.45) is -2.93. The van der Waals surface area contributed by atoms with Crippen LogP contribution >= 0.6 is 12.4 Å². The fraction of sp³-hybridized carbons (Fsp3) is 0.190. The monoisotopic (exact) mass is 450 g/mol. The first-order chi connectivity index (χ1) is 14.2. The van der Waals surface area contributed by atoms with Crippen molar-refractivity contribution in [3.05, 3.63) is 71.2 Å². The zero-order chi connectivity index (χ0) is 21.7. The van der Waals surface area contributed by atoms with Crippen molar-refractivity contribution in [2.24, 2.45) is 5.73 Å². The fourth-order valence-electron chi connectivity index (χ4n) is 2.71. The van der Waals surface area contributed by atoms with Crippen LogP contribution in [-0.4, -0.2) is 27.6 Å². The van der Waals surface area contributed by atoms with Gasteiger partial charge in [0.15, 0.2) is 5.78 Å². The molecule has 0 unspecified atom stereocenters. The fourth-order valence-corrected chi connectivity index (χ4v) is 2.71. The lowest BCUT2D eigenvalue weighted by atomic mass is 10.1. The number of pyridine rings is 1. The first-order valence-electron chi connectivity index (χ1n) is 8.81. The summed E-state index contributed by atoms with van der Waals surface area (Å²) in [6, 6.07) is 10.1. The second kappa shape index (κ2) is 10.1. The lowest BCUT2D eigenvalue weighted by molar-refractivity contribution is -0.137. The van der Waals surface area contributed by atoms with Crippen molar-refractivity contribution in [1.82, 2.24) is 9.38 Å². The predicted molar refractivity (Wildman–Crippen MR) is 111 cm³/mol. The van der Waals surface area contributed by atoms with E-state index >= 15 is 0 Å². The molecule has 0 saturated carbocycles. The maximum absolute atomic E-state index is 12.9. The summed E-state index contributed by atoms with van der Waals surface area (Å²) in [6.45, 7) is -0.272. The first kappa shape index (κ1) is 23.9. The zero-order valence-electron chi connectivity index (χ0n) is 16.1. The third-order valence-corrected chi connectivity index (χ3v) is 4.01. The van der Waals surface area contributed by atoms with E-state index in [4.69, 9.17) is 15.9 Å². The molecule has 0 amide bonds. The Morgan fingerprint density at radius 2 is 1.97 bits per heavy atom. The van der Waals surface area contributed by atoms with Gasteiger partial charge in [0.05, 0.1) is 24.4 Å². The van der Waals surface area contributed by atoms with Crippen LogP contribution in [0, 0.1) is 17.3 Å². The minimum absolute atomic E-state index is 0. The van der Waals surface area contributed by atoms with Crippen LogP contribution < -0.4 is 5.73 Å². The molecule has 3 aromatic rings. The smallest absolute Gasteiger partial charge is 0.387 e. The van der Waals surface area contributed by atoms with Crippen LogP contribution in [-0.2, 0) is 22.3 Å². The highest BCUT2D eigenvalue weighted by molar-refractivity contribution is 5.99. The number of carbonyl (C=O) groups is 1. The van der Waals surface area contributed by atoms with Gasteiger partial charge in [0, 0.05) is 11.8 Å². The van der Waals surface area contributed by atoms with Crippen LogP contribution in [0.25, 0.3) is 5.65 Å². The molecule has 10 heteroatoms. The molecule has 0 atom stereocenters. The van der Waals surface area contributed by atoms with Crippen molar-refractivity contribution in [2.75, 3.05) is 6.61 Å². The molecule has 3 rings (SSSR count). The molecular weight excluding hydrogens is 433 g/mol. The van der Waals surface area contributed by atoms with Gasteiger partial charge in [-0.05, 0) is 36.3 Å². The molecule has 0 aliphatic heterocycles. The van der Waals surface area contributed by atoms with Gasteiger partial charge in [-0.1, -0.05) is 18.1 Å². The van der Waals surface area contributed by atoms with Crippen molar-refractivity contribution < 1.29 is 22.7 Å². The third kappa shape index (κ3) is 6.31. The lowest BCUT2D eigenvalue weighted by Crippen LogP contribution is -2.19. The molecule has 6 nitrogen and oxygen atoms in total. The van der Waals surface area contributed by atoms with Gasteiger partial charge in [-0.25, -0.2) is 4.98 Å². The number of nitrogens with one attached hydrogen (secondary N) is 1. The Bertz CT molecular complexity index is 1160. The largest absolute Gasteiger partial charge is 0.416 e. The summed E-state index contributed by atoms with van der Waals surface area (Å²) in [4.78, 5) is 16.0. The van der Waals surface area contributed by atoms with Crippen molar-refractivity contribution >= 4 is 29.7 Å². The van der Waals surface area contributed by atoms with E-state index in [0.29, 0.717) is 17.0 Å². The van der Waals surface area contributed by atoms with Gasteiger partial charge in [0.1, 0.15) is 23.6 Å². The molecule has 1 aromatic carbocycles. The number of rotatable bonds is 6. The number of fused-ring (bicyclic) bond motifs is 1. The molecule has 0 saturated heterocycles. The SMILES string of the molecule is Cl.N=C(N)CC(=O)COCc1nc2ccccn2c1C#Cc1cccc(C(F)(F)F)c1. The molecule has 0 radical (unpaired) electrons. The zero-order valence-corrected chi connectivity index (χ0v) is 16.9. The number of Topliss-reactive ketones (excluding diaryl/α,β-unsaturated/α-hetero) is 1. The van der Waals surface area contributed by atoms with E-state index in [1.807, 2.05) is 0 Å². The molecule has 0 aliphatic carbocycles. The highest BCUT2D eigenvalue weighted by Gasteiger charge is 2.30. The number of alkyl halides is 3. The summed E-state index contributed by atoms with van der Waals surface area (Å²) in [7, 11) is 0. The van der Waals surface area contributed by atoms with E-state index in [1.54, 1.807) is 28.8 Å². The topological polar surface area (TPSA) is 93.5 Å². The highest BCUT2D eigenvalue weighted by atomic mass is 35.5. The van der Waals surface area contributed by atoms with Gasteiger partial charge in [0.25, 0.3) is 0 Å². The number of ketones is 1. The molecular formula is C21H18ClF3N4O2. The molecule has 2 aromatic heterocycles. The third-order valence-electron chi connectivity index (χ3n) is 4.01. The van der Waals surface area contributed by atoms with E-state index in [-0.39, 0.29) is 49.2 Å². The number of amidine groups is 1. The van der Waals surface area contributed by atoms with Gasteiger partial charge in [-0.2, -0.15) is 13.2 Å². The minimum atomic E-state index is -4.45. The van der Waals surface area contributed by atoms with Crippen molar-refractivity contribution in [1.29, 1.82) is 5.41 Å². The molecule has 0 spiro atoms. The number of hydrogen-bond acceptors (Lipinski definition) is 4.